The number of unbranched alkanes of at least 4 members (excludes halogenated alkanes) is 46. The Hall–Kier alpha value is -2.46. The molecule has 0 aliphatic heterocycles. The molecule has 2 unspecified atom stereocenters. The molecule has 0 aromatic rings. The van der Waals surface area contributed by atoms with Crippen molar-refractivity contribution in [2.24, 2.45) is 0 Å². The van der Waals surface area contributed by atoms with Crippen LogP contribution in [0.2, 0.25) is 0 Å². The first-order valence-electron chi connectivity index (χ1n) is 39.1. The predicted molar refractivity (Wildman–Crippen MR) is 386 cm³/mol. The highest BCUT2D eigenvalue weighted by Crippen LogP contribution is 2.45. The Labute approximate surface area is 580 Å². The fourth-order valence-corrected chi connectivity index (χ4v) is 12.8. The second-order valence-electron chi connectivity index (χ2n) is 26.7. The largest absolute Gasteiger partial charge is 0.472 e. The number of phosphoric acid groups is 2. The molecule has 0 bridgehead atoms. The van der Waals surface area contributed by atoms with E-state index in [2.05, 4.69) is 52.0 Å². The SMILES string of the molecule is CCCCCC/C=C\C=C/CCCCCCCC(=O)OC[C@H](COP(=O)(O)OC[C@@H](O)COP(=O)(O)OC[C@@H](COC(=O)CCCCCCC)OC(=O)CCCCCCCCCCCCCCCCC)OC(=O)CCCCCCCCCCCCCCCCCCCCCC. The Bertz CT molecular complexity index is 1900. The molecule has 0 fully saturated rings. The lowest BCUT2D eigenvalue weighted by molar-refractivity contribution is -0.161. The van der Waals surface area contributed by atoms with Crippen LogP contribution in [-0.2, 0) is 65.4 Å². The molecule has 0 rings (SSSR count). The van der Waals surface area contributed by atoms with Gasteiger partial charge in [-0.15, -0.1) is 0 Å². The van der Waals surface area contributed by atoms with Gasteiger partial charge >= 0.3 is 39.5 Å². The molecule has 0 aliphatic carbocycles. The number of ether oxygens (including phenoxy) is 4. The van der Waals surface area contributed by atoms with Crippen molar-refractivity contribution in [2.45, 2.75) is 399 Å². The van der Waals surface area contributed by atoms with Gasteiger partial charge < -0.3 is 33.8 Å². The number of carbonyl (C=O) groups is 4. The van der Waals surface area contributed by atoms with E-state index in [0.717, 1.165) is 116 Å². The van der Waals surface area contributed by atoms with Crippen molar-refractivity contribution in [3.05, 3.63) is 24.3 Å². The molecule has 0 saturated heterocycles. The predicted octanol–water partition coefficient (Wildman–Crippen LogP) is 22.2. The molecular weight excluding hydrogens is 1250 g/mol. The van der Waals surface area contributed by atoms with Crippen molar-refractivity contribution in [1.82, 2.24) is 0 Å². The minimum Gasteiger partial charge on any atom is -0.462 e. The molecule has 19 heteroatoms. The van der Waals surface area contributed by atoms with Gasteiger partial charge in [-0.1, -0.05) is 328 Å². The molecule has 3 N–H and O–H groups in total. The maximum Gasteiger partial charge on any atom is 0.472 e. The number of allylic oxidation sites excluding steroid dienone is 4. The summed E-state index contributed by atoms with van der Waals surface area (Å²) in [5, 5.41) is 10.6. The van der Waals surface area contributed by atoms with Crippen molar-refractivity contribution in [2.75, 3.05) is 39.6 Å². The van der Waals surface area contributed by atoms with Crippen LogP contribution in [0.5, 0.6) is 0 Å². The van der Waals surface area contributed by atoms with Gasteiger partial charge in [-0.05, 0) is 51.4 Å². The summed E-state index contributed by atoms with van der Waals surface area (Å²) in [6.45, 7) is 4.84. The van der Waals surface area contributed by atoms with Crippen LogP contribution in [-0.4, -0.2) is 96.7 Å². The second-order valence-corrected chi connectivity index (χ2v) is 29.6. The van der Waals surface area contributed by atoms with Crippen LogP contribution < -0.4 is 0 Å². The first-order chi connectivity index (χ1) is 46.2. The minimum atomic E-state index is -4.96. The van der Waals surface area contributed by atoms with Gasteiger partial charge in [0, 0.05) is 25.7 Å². The first kappa shape index (κ1) is 92.5. The topological polar surface area (TPSA) is 237 Å². The number of rotatable bonds is 75. The average Bonchev–Trinajstić information content (AvgIpc) is 3.28. The number of carbonyl (C=O) groups excluding carboxylic acids is 4. The van der Waals surface area contributed by atoms with E-state index in [1.54, 1.807) is 0 Å². The van der Waals surface area contributed by atoms with E-state index in [-0.39, 0.29) is 25.7 Å². The van der Waals surface area contributed by atoms with Crippen molar-refractivity contribution >= 4 is 39.5 Å². The van der Waals surface area contributed by atoms with E-state index < -0.39 is 97.5 Å². The molecule has 0 aromatic carbocycles. The van der Waals surface area contributed by atoms with Crippen molar-refractivity contribution < 1.29 is 80.2 Å². The second kappa shape index (κ2) is 70.0. The third-order valence-corrected chi connectivity index (χ3v) is 19.1. The maximum absolute atomic E-state index is 13.1. The highest BCUT2D eigenvalue weighted by molar-refractivity contribution is 7.47. The number of aliphatic hydroxyl groups excluding tert-OH is 1. The molecule has 0 spiro atoms. The number of hydrogen-bond acceptors (Lipinski definition) is 15. The zero-order valence-electron chi connectivity index (χ0n) is 61.1. The summed E-state index contributed by atoms with van der Waals surface area (Å²) in [5.74, 6) is -2.15. The van der Waals surface area contributed by atoms with Gasteiger partial charge in [-0.3, -0.25) is 37.3 Å². The summed E-state index contributed by atoms with van der Waals surface area (Å²) in [7, 11) is -9.91. The zero-order chi connectivity index (χ0) is 69.7. The van der Waals surface area contributed by atoms with Crippen LogP contribution in [0.15, 0.2) is 24.3 Å². The van der Waals surface area contributed by atoms with E-state index in [1.807, 2.05) is 0 Å². The molecule has 0 amide bonds. The molecule has 5 atom stereocenters. The fourth-order valence-electron chi connectivity index (χ4n) is 11.2. The van der Waals surface area contributed by atoms with Gasteiger partial charge in [0.25, 0.3) is 0 Å². The fraction of sp³-hybridized carbons (Fsp3) is 0.895. The Morgan fingerprint density at radius 2 is 0.505 bits per heavy atom. The molecule has 0 aromatic heterocycles. The standard InChI is InChI=1S/C76H144O17P2/c1-5-9-13-17-20-23-26-29-32-33-34-35-36-39-42-45-48-51-55-59-63-76(81)93-72(67-87-74(79)61-57-53-49-46-43-40-37-30-27-24-21-18-14-10-6-2)69-91-95(84,85)89-65-70(77)64-88-94(82,83)90-68-71(66-86-73(78)60-56-52-16-12-8-4)92-75(80)62-58-54-50-47-44-41-38-31-28-25-22-19-15-11-7-3/h24,27,30,37,70-72,77H,5-23,25-26,28-29,31-36,38-69H2,1-4H3,(H,82,83)(H,84,85)/b27-24-,37-30-/t70-,71+,72+/m0/s1. The van der Waals surface area contributed by atoms with Crippen LogP contribution >= 0.6 is 15.6 Å². The van der Waals surface area contributed by atoms with Crippen LogP contribution in [0.4, 0.5) is 0 Å². The lowest BCUT2D eigenvalue weighted by atomic mass is 10.0. The van der Waals surface area contributed by atoms with Gasteiger partial charge in [-0.2, -0.15) is 0 Å². The van der Waals surface area contributed by atoms with Gasteiger partial charge in [0.15, 0.2) is 12.2 Å². The minimum absolute atomic E-state index is 0.102. The molecule has 17 nitrogen and oxygen atoms in total. The summed E-state index contributed by atoms with van der Waals surface area (Å²) in [5.41, 5.74) is 0. The Kier molecular flexibility index (Phi) is 68.2. The molecule has 560 valence electrons. The molecule has 0 heterocycles. The van der Waals surface area contributed by atoms with E-state index in [0.29, 0.717) is 25.7 Å². The first-order valence-corrected chi connectivity index (χ1v) is 42.1. The lowest BCUT2D eigenvalue weighted by Gasteiger charge is -2.21. The van der Waals surface area contributed by atoms with Crippen LogP contribution in [0.3, 0.4) is 0 Å². The van der Waals surface area contributed by atoms with Crippen molar-refractivity contribution in [3.8, 4) is 0 Å². The molecule has 0 aliphatic rings. The van der Waals surface area contributed by atoms with E-state index >= 15 is 0 Å². The Morgan fingerprint density at radius 1 is 0.295 bits per heavy atom. The number of phosphoric ester groups is 2. The average molecular weight is 1390 g/mol. The quantitative estimate of drug-likeness (QED) is 0.0169. The van der Waals surface area contributed by atoms with Crippen LogP contribution in [0, 0.1) is 0 Å². The van der Waals surface area contributed by atoms with Gasteiger partial charge in [0.05, 0.1) is 26.4 Å². The third-order valence-electron chi connectivity index (χ3n) is 17.2. The van der Waals surface area contributed by atoms with Crippen LogP contribution in [0.25, 0.3) is 0 Å². The summed E-state index contributed by atoms with van der Waals surface area (Å²) >= 11 is 0. The van der Waals surface area contributed by atoms with Crippen LogP contribution in [0.1, 0.15) is 381 Å². The van der Waals surface area contributed by atoms with E-state index in [1.165, 1.54) is 186 Å². The number of esters is 4. The summed E-state index contributed by atoms with van der Waals surface area (Å²) < 4.78 is 68.3. The van der Waals surface area contributed by atoms with E-state index in [9.17, 15) is 43.2 Å². The number of hydrogen-bond donors (Lipinski definition) is 3. The highest BCUT2D eigenvalue weighted by atomic mass is 31.2. The molecular formula is C76H144O17P2. The summed E-state index contributed by atoms with van der Waals surface area (Å²) in [6.07, 6.45) is 63.7. The van der Waals surface area contributed by atoms with Crippen molar-refractivity contribution in [3.63, 3.8) is 0 Å². The van der Waals surface area contributed by atoms with Gasteiger partial charge in [0.2, 0.25) is 0 Å². The monoisotopic (exact) mass is 1390 g/mol. The highest BCUT2D eigenvalue weighted by Gasteiger charge is 2.30. The Balaban J connectivity index is 5.16. The summed E-state index contributed by atoms with van der Waals surface area (Å²) in [4.78, 5) is 72.5. The molecule has 0 saturated carbocycles. The van der Waals surface area contributed by atoms with Crippen molar-refractivity contribution in [1.29, 1.82) is 0 Å². The smallest absolute Gasteiger partial charge is 0.462 e. The normalized spacial score (nSPS) is 14.1. The zero-order valence-corrected chi connectivity index (χ0v) is 62.9. The molecule has 95 heavy (non-hydrogen) atoms. The van der Waals surface area contributed by atoms with E-state index in [4.69, 9.17) is 37.0 Å². The number of aliphatic hydroxyl groups is 1. The lowest BCUT2D eigenvalue weighted by Crippen LogP contribution is -2.30. The molecule has 0 radical (unpaired) electrons. The third kappa shape index (κ3) is 69.8. The summed E-state index contributed by atoms with van der Waals surface area (Å²) in [6, 6.07) is 0. The van der Waals surface area contributed by atoms with Gasteiger partial charge in [-0.25, -0.2) is 9.13 Å². The Morgan fingerprint density at radius 3 is 0.768 bits per heavy atom. The maximum atomic E-state index is 13.1. The van der Waals surface area contributed by atoms with Gasteiger partial charge in [0.1, 0.15) is 19.3 Å².